The SMILES string of the molecule is COc1ccc2ncc(F)c([C@H](O)CCC3(C(=O)NO)CCN(CC#Cc4cccs4)CC3)c2c1. The number of aliphatic hydroxyl groups excluding tert-OH is 1. The lowest BCUT2D eigenvalue weighted by molar-refractivity contribution is -0.143. The van der Waals surface area contributed by atoms with Gasteiger partial charge >= 0.3 is 0 Å². The van der Waals surface area contributed by atoms with E-state index in [-0.39, 0.29) is 12.0 Å². The van der Waals surface area contributed by atoms with E-state index in [1.54, 1.807) is 35.0 Å². The number of carbonyl (C=O) groups excluding carboxylic acids is 1. The van der Waals surface area contributed by atoms with Gasteiger partial charge in [0, 0.05) is 24.0 Å². The fourth-order valence-corrected chi connectivity index (χ4v) is 5.22. The van der Waals surface area contributed by atoms with Gasteiger partial charge in [0.25, 0.3) is 0 Å². The molecule has 7 nitrogen and oxygen atoms in total. The molecule has 3 heterocycles. The molecule has 0 radical (unpaired) electrons. The first-order valence-corrected chi connectivity index (χ1v) is 12.3. The van der Waals surface area contributed by atoms with Gasteiger partial charge in [-0.3, -0.25) is 19.9 Å². The van der Waals surface area contributed by atoms with Crippen molar-refractivity contribution in [2.24, 2.45) is 5.41 Å². The zero-order valence-electron chi connectivity index (χ0n) is 19.5. The molecule has 1 saturated heterocycles. The number of methoxy groups -OCH3 is 1. The fourth-order valence-electron chi connectivity index (χ4n) is 4.63. The van der Waals surface area contributed by atoms with E-state index >= 15 is 0 Å². The maximum absolute atomic E-state index is 14.8. The molecule has 9 heteroatoms. The predicted octanol–water partition coefficient (Wildman–Crippen LogP) is 3.90. The normalized spacial score (nSPS) is 16.3. The van der Waals surface area contributed by atoms with Crippen molar-refractivity contribution in [1.82, 2.24) is 15.4 Å². The van der Waals surface area contributed by atoms with Crippen molar-refractivity contribution in [1.29, 1.82) is 0 Å². The predicted molar refractivity (Wildman–Crippen MR) is 132 cm³/mol. The molecule has 2 aromatic heterocycles. The lowest BCUT2D eigenvalue weighted by Gasteiger charge is -2.40. The molecule has 1 aromatic carbocycles. The lowest BCUT2D eigenvalue weighted by atomic mass is 9.73. The Morgan fingerprint density at radius 3 is 2.86 bits per heavy atom. The van der Waals surface area contributed by atoms with Crippen molar-refractivity contribution in [2.45, 2.75) is 31.8 Å². The second kappa shape index (κ2) is 11.1. The van der Waals surface area contributed by atoms with E-state index < -0.39 is 23.2 Å². The molecule has 0 spiro atoms. The zero-order valence-corrected chi connectivity index (χ0v) is 20.3. The molecular formula is C26H28FN3O4S. The molecule has 0 unspecified atom stereocenters. The number of fused-ring (bicyclic) bond motifs is 1. The van der Waals surface area contributed by atoms with E-state index in [0.717, 1.165) is 11.1 Å². The van der Waals surface area contributed by atoms with Gasteiger partial charge in [0.2, 0.25) is 5.91 Å². The number of hydrogen-bond donors (Lipinski definition) is 3. The number of likely N-dealkylation sites (tertiary alicyclic amines) is 1. The number of amides is 1. The molecule has 1 fully saturated rings. The molecule has 1 aliphatic heterocycles. The van der Waals surface area contributed by atoms with Gasteiger partial charge in [0.05, 0.1) is 41.8 Å². The Bertz CT molecular complexity index is 1230. The van der Waals surface area contributed by atoms with Gasteiger partial charge in [0.15, 0.2) is 0 Å². The fraction of sp³-hybridized carbons (Fsp3) is 0.385. The first kappa shape index (κ1) is 25.1. The topological polar surface area (TPSA) is 94.9 Å². The lowest BCUT2D eigenvalue weighted by Crippen LogP contribution is -2.48. The summed E-state index contributed by atoms with van der Waals surface area (Å²) >= 11 is 1.59. The minimum Gasteiger partial charge on any atom is -0.497 e. The van der Waals surface area contributed by atoms with Crippen LogP contribution in [0.1, 0.15) is 42.2 Å². The molecule has 1 atom stereocenters. The summed E-state index contributed by atoms with van der Waals surface area (Å²) < 4.78 is 20.0. The van der Waals surface area contributed by atoms with Gasteiger partial charge in [-0.15, -0.1) is 11.3 Å². The van der Waals surface area contributed by atoms with Crippen LogP contribution in [0.15, 0.2) is 41.9 Å². The van der Waals surface area contributed by atoms with Crippen LogP contribution in [0.2, 0.25) is 0 Å². The standard InChI is InChI=1S/C26H28FN3O4S/c1-34-18-6-7-22-20(16-18)24(21(27)17-28-22)23(31)8-9-26(25(32)29-33)10-13-30(14-11-26)12-2-4-19-5-3-15-35-19/h3,5-7,15-17,23,31,33H,8-14H2,1H3,(H,29,32)/t23-/m1/s1. The molecule has 0 bridgehead atoms. The number of rotatable bonds is 7. The Hall–Kier alpha value is -3.03. The van der Waals surface area contributed by atoms with E-state index in [4.69, 9.17) is 4.74 Å². The summed E-state index contributed by atoms with van der Waals surface area (Å²) in [6.07, 6.45) is 1.40. The molecular weight excluding hydrogens is 469 g/mol. The van der Waals surface area contributed by atoms with Crippen LogP contribution < -0.4 is 10.2 Å². The quantitative estimate of drug-likeness (QED) is 0.260. The maximum atomic E-state index is 14.8. The number of hydrogen-bond acceptors (Lipinski definition) is 7. The Morgan fingerprint density at radius 2 is 2.17 bits per heavy atom. The van der Waals surface area contributed by atoms with Crippen LogP contribution >= 0.6 is 11.3 Å². The van der Waals surface area contributed by atoms with E-state index in [2.05, 4.69) is 21.7 Å². The number of carbonyl (C=O) groups is 1. The number of thiophene rings is 1. The van der Waals surface area contributed by atoms with Gasteiger partial charge in [-0.2, -0.15) is 0 Å². The van der Waals surface area contributed by atoms with E-state index in [1.807, 2.05) is 17.5 Å². The maximum Gasteiger partial charge on any atom is 0.249 e. The summed E-state index contributed by atoms with van der Waals surface area (Å²) in [6.45, 7) is 1.85. The molecule has 3 aromatic rings. The summed E-state index contributed by atoms with van der Waals surface area (Å²) in [5, 5.41) is 22.9. The molecule has 184 valence electrons. The van der Waals surface area contributed by atoms with Crippen molar-refractivity contribution < 1.29 is 24.2 Å². The first-order valence-electron chi connectivity index (χ1n) is 11.5. The Balaban J connectivity index is 1.46. The molecule has 35 heavy (non-hydrogen) atoms. The van der Waals surface area contributed by atoms with Crippen molar-refractivity contribution in [2.75, 3.05) is 26.7 Å². The number of aliphatic hydroxyl groups is 1. The highest BCUT2D eigenvalue weighted by molar-refractivity contribution is 7.10. The van der Waals surface area contributed by atoms with Crippen LogP contribution in [-0.4, -0.2) is 52.8 Å². The minimum absolute atomic E-state index is 0.134. The van der Waals surface area contributed by atoms with Gasteiger partial charge in [-0.25, -0.2) is 9.87 Å². The Kier molecular flexibility index (Phi) is 7.98. The Morgan fingerprint density at radius 1 is 1.37 bits per heavy atom. The van der Waals surface area contributed by atoms with Crippen molar-refractivity contribution >= 4 is 28.1 Å². The molecule has 0 saturated carbocycles. The van der Waals surface area contributed by atoms with E-state index in [0.29, 0.717) is 55.5 Å². The summed E-state index contributed by atoms with van der Waals surface area (Å²) in [6, 6.07) is 9.02. The van der Waals surface area contributed by atoms with Crippen LogP contribution in [0, 0.1) is 23.1 Å². The highest BCUT2D eigenvalue weighted by atomic mass is 32.1. The smallest absolute Gasteiger partial charge is 0.249 e. The molecule has 0 aliphatic carbocycles. The summed E-state index contributed by atoms with van der Waals surface area (Å²) in [4.78, 5) is 20.0. The summed E-state index contributed by atoms with van der Waals surface area (Å²) in [5.41, 5.74) is 1.63. The van der Waals surface area contributed by atoms with Gasteiger partial charge in [-0.1, -0.05) is 17.9 Å². The van der Waals surface area contributed by atoms with Crippen molar-refractivity contribution in [3.8, 4) is 17.6 Å². The molecule has 3 N–H and O–H groups in total. The number of ether oxygens (including phenoxy) is 1. The van der Waals surface area contributed by atoms with Gasteiger partial charge in [-0.05, 0) is 55.3 Å². The average molecular weight is 498 g/mol. The number of nitrogens with one attached hydrogen (secondary N) is 1. The van der Waals surface area contributed by atoms with E-state index in [1.165, 1.54) is 7.11 Å². The highest BCUT2D eigenvalue weighted by Gasteiger charge is 2.41. The number of aromatic nitrogens is 1. The van der Waals surface area contributed by atoms with Crippen LogP contribution in [0.4, 0.5) is 4.39 Å². The van der Waals surface area contributed by atoms with Gasteiger partial charge in [0.1, 0.15) is 11.6 Å². The number of piperidine rings is 1. The van der Waals surface area contributed by atoms with Gasteiger partial charge < -0.3 is 9.84 Å². The van der Waals surface area contributed by atoms with Crippen molar-refractivity contribution in [3.63, 3.8) is 0 Å². The third-order valence-corrected chi connectivity index (χ3v) is 7.51. The second-order valence-electron chi connectivity index (χ2n) is 8.73. The van der Waals surface area contributed by atoms with Crippen LogP contribution in [0.25, 0.3) is 10.9 Å². The average Bonchev–Trinajstić information content (AvgIpc) is 3.40. The minimum atomic E-state index is -1.15. The molecule has 1 amide bonds. The first-order chi connectivity index (χ1) is 17.0. The summed E-state index contributed by atoms with van der Waals surface area (Å²) in [7, 11) is 1.52. The number of hydroxylamine groups is 1. The Labute approximate surface area is 207 Å². The van der Waals surface area contributed by atoms with Crippen LogP contribution in [0.5, 0.6) is 5.75 Å². The van der Waals surface area contributed by atoms with E-state index in [9.17, 15) is 19.5 Å². The van der Waals surface area contributed by atoms with Crippen molar-refractivity contribution in [3.05, 3.63) is 58.2 Å². The third-order valence-electron chi connectivity index (χ3n) is 6.73. The highest BCUT2D eigenvalue weighted by Crippen LogP contribution is 2.40. The zero-order chi connectivity index (χ0) is 24.8. The number of benzene rings is 1. The number of nitrogens with zero attached hydrogens (tertiary/aromatic N) is 2. The third kappa shape index (κ3) is 5.63. The number of pyridine rings is 1. The molecule has 1 aliphatic rings. The largest absolute Gasteiger partial charge is 0.497 e. The molecule has 4 rings (SSSR count). The summed E-state index contributed by atoms with van der Waals surface area (Å²) in [5.74, 6) is 5.75. The van der Waals surface area contributed by atoms with Crippen LogP contribution in [0.3, 0.4) is 0 Å². The monoisotopic (exact) mass is 497 g/mol. The second-order valence-corrected chi connectivity index (χ2v) is 9.68. The van der Waals surface area contributed by atoms with Crippen LogP contribution in [-0.2, 0) is 4.79 Å². The number of halogens is 1.